The van der Waals surface area contributed by atoms with Crippen molar-refractivity contribution in [2.45, 2.75) is 32.4 Å². The number of non-ortho nitro benzene ring substituents is 1. The van der Waals surface area contributed by atoms with Crippen LogP contribution in [0.5, 0.6) is 0 Å². The van der Waals surface area contributed by atoms with Crippen molar-refractivity contribution in [3.63, 3.8) is 0 Å². The predicted octanol–water partition coefficient (Wildman–Crippen LogP) is 3.16. The lowest BCUT2D eigenvalue weighted by atomic mass is 10.0. The van der Waals surface area contributed by atoms with Crippen LogP contribution in [0.4, 0.5) is 5.69 Å². The number of benzene rings is 1. The van der Waals surface area contributed by atoms with E-state index >= 15 is 0 Å². The van der Waals surface area contributed by atoms with Gasteiger partial charge in [-0.15, -0.1) is 0 Å². The second-order valence-corrected chi connectivity index (χ2v) is 6.02. The molecule has 1 aliphatic heterocycles. The number of nitro groups is 1. The molecule has 0 aromatic heterocycles. The lowest BCUT2D eigenvalue weighted by Gasteiger charge is -2.36. The average molecular weight is 312 g/mol. The molecule has 0 spiro atoms. The van der Waals surface area contributed by atoms with Gasteiger partial charge in [0.25, 0.3) is 5.69 Å². The highest BCUT2D eigenvalue weighted by molar-refractivity contribution is 6.31. The zero-order valence-corrected chi connectivity index (χ0v) is 13.3. The van der Waals surface area contributed by atoms with E-state index in [0.29, 0.717) is 17.6 Å². The summed E-state index contributed by atoms with van der Waals surface area (Å²) < 4.78 is 0. The van der Waals surface area contributed by atoms with E-state index in [1.54, 1.807) is 12.1 Å². The third kappa shape index (κ3) is 4.15. The molecular formula is C15H22ClN3O2. The van der Waals surface area contributed by atoms with Crippen molar-refractivity contribution in [3.8, 4) is 0 Å². The Morgan fingerprint density at radius 1 is 1.43 bits per heavy atom. The van der Waals surface area contributed by atoms with Crippen LogP contribution in [-0.4, -0.2) is 47.4 Å². The smallest absolute Gasteiger partial charge is 0.269 e. The van der Waals surface area contributed by atoms with Gasteiger partial charge in [-0.1, -0.05) is 18.5 Å². The highest BCUT2D eigenvalue weighted by atomic mass is 35.5. The Kier molecular flexibility index (Phi) is 5.56. The van der Waals surface area contributed by atoms with Gasteiger partial charge in [0.1, 0.15) is 0 Å². The number of nitro benzene ring substituents is 1. The SMILES string of the molecule is CCN1CCC(N(C)Cc2cc([N+](=O)[O-])ccc2Cl)CC1. The minimum absolute atomic E-state index is 0.101. The summed E-state index contributed by atoms with van der Waals surface area (Å²) in [7, 11) is 2.07. The first kappa shape index (κ1) is 16.2. The van der Waals surface area contributed by atoms with Crippen molar-refractivity contribution >= 4 is 17.3 Å². The minimum Gasteiger partial charge on any atom is -0.303 e. The van der Waals surface area contributed by atoms with Gasteiger partial charge in [0.2, 0.25) is 0 Å². The fourth-order valence-electron chi connectivity index (χ4n) is 2.87. The van der Waals surface area contributed by atoms with Gasteiger partial charge in [-0.3, -0.25) is 15.0 Å². The molecule has 21 heavy (non-hydrogen) atoms. The third-order valence-corrected chi connectivity index (χ3v) is 4.66. The Balaban J connectivity index is 2.01. The normalized spacial score (nSPS) is 17.3. The van der Waals surface area contributed by atoms with Gasteiger partial charge in [0.15, 0.2) is 0 Å². The molecule has 0 aliphatic carbocycles. The monoisotopic (exact) mass is 311 g/mol. The van der Waals surface area contributed by atoms with Gasteiger partial charge >= 0.3 is 0 Å². The van der Waals surface area contributed by atoms with Crippen LogP contribution in [0, 0.1) is 10.1 Å². The molecule has 0 amide bonds. The fourth-order valence-corrected chi connectivity index (χ4v) is 3.05. The number of halogens is 1. The molecule has 0 bridgehead atoms. The molecule has 0 unspecified atom stereocenters. The minimum atomic E-state index is -0.375. The summed E-state index contributed by atoms with van der Waals surface area (Å²) >= 11 is 6.17. The molecule has 1 aliphatic rings. The maximum Gasteiger partial charge on any atom is 0.269 e. The molecule has 0 saturated carbocycles. The van der Waals surface area contributed by atoms with Crippen LogP contribution in [0.3, 0.4) is 0 Å². The summed E-state index contributed by atoms with van der Waals surface area (Å²) in [5.74, 6) is 0. The topological polar surface area (TPSA) is 49.6 Å². The Labute approximate surface area is 130 Å². The number of piperidine rings is 1. The third-order valence-electron chi connectivity index (χ3n) is 4.29. The molecule has 1 aromatic rings. The highest BCUT2D eigenvalue weighted by Crippen LogP contribution is 2.25. The van der Waals surface area contributed by atoms with Crippen molar-refractivity contribution in [1.29, 1.82) is 0 Å². The maximum absolute atomic E-state index is 10.9. The standard InChI is InChI=1S/C15H22ClN3O2/c1-3-18-8-6-13(7-9-18)17(2)11-12-10-14(19(20)21)4-5-15(12)16/h4-5,10,13H,3,6-9,11H2,1-2H3. The number of hydrogen-bond donors (Lipinski definition) is 0. The average Bonchev–Trinajstić information content (AvgIpc) is 2.49. The fraction of sp³-hybridized carbons (Fsp3) is 0.600. The van der Waals surface area contributed by atoms with Crippen molar-refractivity contribution in [1.82, 2.24) is 9.80 Å². The Morgan fingerprint density at radius 3 is 2.67 bits per heavy atom. The van der Waals surface area contributed by atoms with Crippen LogP contribution in [0.25, 0.3) is 0 Å². The molecule has 0 radical (unpaired) electrons. The van der Waals surface area contributed by atoms with Crippen LogP contribution >= 0.6 is 11.6 Å². The summed E-state index contributed by atoms with van der Waals surface area (Å²) in [5, 5.41) is 11.5. The molecular weight excluding hydrogens is 290 g/mol. The lowest BCUT2D eigenvalue weighted by Crippen LogP contribution is -2.42. The van der Waals surface area contributed by atoms with E-state index in [1.165, 1.54) is 6.07 Å². The number of rotatable bonds is 5. The number of likely N-dealkylation sites (tertiary alicyclic amines) is 1. The first-order valence-electron chi connectivity index (χ1n) is 7.36. The van der Waals surface area contributed by atoms with Gasteiger partial charge in [-0.25, -0.2) is 0 Å². The molecule has 116 valence electrons. The summed E-state index contributed by atoms with van der Waals surface area (Å²) in [6.07, 6.45) is 2.27. The van der Waals surface area contributed by atoms with E-state index in [4.69, 9.17) is 11.6 Å². The molecule has 1 heterocycles. The second kappa shape index (κ2) is 7.20. The van der Waals surface area contributed by atoms with Crippen LogP contribution < -0.4 is 0 Å². The summed E-state index contributed by atoms with van der Waals surface area (Å²) in [6, 6.07) is 5.16. The Morgan fingerprint density at radius 2 is 2.10 bits per heavy atom. The first-order valence-corrected chi connectivity index (χ1v) is 7.74. The van der Waals surface area contributed by atoms with Crippen molar-refractivity contribution in [2.75, 3.05) is 26.7 Å². The van der Waals surface area contributed by atoms with E-state index in [9.17, 15) is 10.1 Å². The number of hydrogen-bond acceptors (Lipinski definition) is 4. The molecule has 0 N–H and O–H groups in total. The molecule has 1 aromatic carbocycles. The van der Waals surface area contributed by atoms with Gasteiger partial charge in [0, 0.05) is 29.7 Å². The van der Waals surface area contributed by atoms with E-state index in [1.807, 2.05) is 0 Å². The van der Waals surface area contributed by atoms with Gasteiger partial charge in [0.05, 0.1) is 4.92 Å². The summed E-state index contributed by atoms with van der Waals surface area (Å²) in [4.78, 5) is 15.2. The van der Waals surface area contributed by atoms with Crippen molar-refractivity contribution in [3.05, 3.63) is 38.9 Å². The van der Waals surface area contributed by atoms with Gasteiger partial charge in [-0.05, 0) is 51.2 Å². The predicted molar refractivity (Wildman–Crippen MR) is 84.7 cm³/mol. The maximum atomic E-state index is 10.9. The zero-order valence-electron chi connectivity index (χ0n) is 12.6. The van der Waals surface area contributed by atoms with E-state index in [-0.39, 0.29) is 10.6 Å². The molecule has 1 saturated heterocycles. The van der Waals surface area contributed by atoms with Crippen molar-refractivity contribution < 1.29 is 4.92 Å². The van der Waals surface area contributed by atoms with Gasteiger partial charge < -0.3 is 4.90 Å². The van der Waals surface area contributed by atoms with E-state index < -0.39 is 0 Å². The summed E-state index contributed by atoms with van der Waals surface area (Å²) in [5.41, 5.74) is 0.926. The van der Waals surface area contributed by atoms with Crippen LogP contribution in [0.15, 0.2) is 18.2 Å². The molecule has 5 nitrogen and oxygen atoms in total. The molecule has 0 atom stereocenters. The van der Waals surface area contributed by atoms with Crippen LogP contribution in [0.2, 0.25) is 5.02 Å². The van der Waals surface area contributed by atoms with E-state index in [0.717, 1.165) is 38.0 Å². The van der Waals surface area contributed by atoms with Gasteiger partial charge in [-0.2, -0.15) is 0 Å². The molecule has 6 heteroatoms. The molecule has 1 fully saturated rings. The van der Waals surface area contributed by atoms with Crippen molar-refractivity contribution in [2.24, 2.45) is 0 Å². The Hall–Kier alpha value is -1.17. The van der Waals surface area contributed by atoms with Crippen LogP contribution in [0.1, 0.15) is 25.3 Å². The second-order valence-electron chi connectivity index (χ2n) is 5.61. The Bertz CT molecular complexity index is 502. The van der Waals surface area contributed by atoms with Crippen LogP contribution in [-0.2, 0) is 6.54 Å². The lowest BCUT2D eigenvalue weighted by molar-refractivity contribution is -0.384. The highest BCUT2D eigenvalue weighted by Gasteiger charge is 2.22. The quantitative estimate of drug-likeness (QED) is 0.619. The zero-order chi connectivity index (χ0) is 15.4. The number of nitrogens with zero attached hydrogens (tertiary/aromatic N) is 3. The van der Waals surface area contributed by atoms with E-state index in [2.05, 4.69) is 23.8 Å². The largest absolute Gasteiger partial charge is 0.303 e. The first-order chi connectivity index (χ1) is 10.0. The molecule has 2 rings (SSSR count). The summed E-state index contributed by atoms with van der Waals surface area (Å²) in [6.45, 7) is 6.18.